The molecular formula is C26H38ClN3O3. The summed E-state index contributed by atoms with van der Waals surface area (Å²) in [6.45, 7) is 5.06. The molecule has 2 amide bonds. The van der Waals surface area contributed by atoms with Gasteiger partial charge >= 0.3 is 0 Å². The number of likely N-dealkylation sites (tertiary alicyclic amines) is 1. The highest BCUT2D eigenvalue weighted by molar-refractivity contribution is 6.30. The summed E-state index contributed by atoms with van der Waals surface area (Å²) in [6.07, 6.45) is 7.99. The van der Waals surface area contributed by atoms with Crippen LogP contribution in [0.4, 0.5) is 0 Å². The molecule has 1 aliphatic carbocycles. The Morgan fingerprint density at radius 1 is 1.06 bits per heavy atom. The molecule has 1 aromatic carbocycles. The van der Waals surface area contributed by atoms with Gasteiger partial charge < -0.3 is 15.3 Å². The molecule has 1 atom stereocenters. The summed E-state index contributed by atoms with van der Waals surface area (Å²) < 4.78 is 0. The number of carbonyl (C=O) groups excluding carboxylic acids is 2. The Bertz CT molecular complexity index is 830. The van der Waals surface area contributed by atoms with E-state index >= 15 is 0 Å². The van der Waals surface area contributed by atoms with Crippen LogP contribution in [-0.2, 0) is 16.1 Å². The van der Waals surface area contributed by atoms with E-state index in [2.05, 4.69) is 17.1 Å². The van der Waals surface area contributed by atoms with Crippen LogP contribution in [0.3, 0.4) is 0 Å². The quantitative estimate of drug-likeness (QED) is 0.627. The number of piperazine rings is 1. The fourth-order valence-corrected chi connectivity index (χ4v) is 6.00. The van der Waals surface area contributed by atoms with Crippen LogP contribution in [0.2, 0.25) is 5.02 Å². The van der Waals surface area contributed by atoms with E-state index in [4.69, 9.17) is 11.6 Å². The summed E-state index contributed by atoms with van der Waals surface area (Å²) in [4.78, 5) is 31.4. The smallest absolute Gasteiger partial charge is 0.246 e. The van der Waals surface area contributed by atoms with E-state index in [1.807, 2.05) is 29.2 Å². The number of nitrogens with one attached hydrogen (secondary N) is 1. The predicted octanol–water partition coefficient (Wildman–Crippen LogP) is 3.89. The number of unbranched alkanes of at least 4 members (excludes halogenated alkanes) is 1. The molecule has 4 rings (SSSR count). The molecule has 1 spiro atoms. The summed E-state index contributed by atoms with van der Waals surface area (Å²) >= 11 is 6.01. The Balaban J connectivity index is 1.46. The first kappa shape index (κ1) is 24.5. The highest BCUT2D eigenvalue weighted by Crippen LogP contribution is 2.37. The van der Waals surface area contributed by atoms with Crippen LogP contribution in [-0.4, -0.2) is 63.5 Å². The first-order valence-corrected chi connectivity index (χ1v) is 13.0. The van der Waals surface area contributed by atoms with Gasteiger partial charge in [-0.25, -0.2) is 0 Å². The Morgan fingerprint density at radius 2 is 1.73 bits per heavy atom. The minimum absolute atomic E-state index is 0.00630. The van der Waals surface area contributed by atoms with Crippen molar-refractivity contribution in [2.24, 2.45) is 0 Å². The largest absolute Gasteiger partial charge is 0.390 e. The number of carbonyl (C=O) groups is 2. The van der Waals surface area contributed by atoms with Gasteiger partial charge in [-0.15, -0.1) is 0 Å². The zero-order valence-corrected chi connectivity index (χ0v) is 20.6. The number of nitrogens with zero attached hydrogens (tertiary/aromatic N) is 2. The molecule has 2 heterocycles. The minimum Gasteiger partial charge on any atom is -0.390 e. The second-order valence-corrected chi connectivity index (χ2v) is 10.7. The monoisotopic (exact) mass is 475 g/mol. The first-order chi connectivity index (χ1) is 15.8. The van der Waals surface area contributed by atoms with Crippen LogP contribution in [0.25, 0.3) is 0 Å². The van der Waals surface area contributed by atoms with Crippen molar-refractivity contribution in [3.05, 3.63) is 34.9 Å². The number of piperidine rings is 1. The number of benzene rings is 1. The summed E-state index contributed by atoms with van der Waals surface area (Å²) in [5, 5.41) is 14.8. The molecule has 1 saturated carbocycles. The van der Waals surface area contributed by atoms with Crippen molar-refractivity contribution in [3.63, 3.8) is 0 Å². The van der Waals surface area contributed by atoms with E-state index in [9.17, 15) is 14.7 Å². The Morgan fingerprint density at radius 3 is 2.36 bits per heavy atom. The maximum Gasteiger partial charge on any atom is 0.246 e. The van der Waals surface area contributed by atoms with E-state index in [1.54, 1.807) is 0 Å². The molecule has 33 heavy (non-hydrogen) atoms. The predicted molar refractivity (Wildman–Crippen MR) is 130 cm³/mol. The lowest BCUT2D eigenvalue weighted by Gasteiger charge is -2.52. The first-order valence-electron chi connectivity index (χ1n) is 12.7. The van der Waals surface area contributed by atoms with E-state index < -0.39 is 17.2 Å². The van der Waals surface area contributed by atoms with Crippen LogP contribution in [0.1, 0.15) is 76.7 Å². The summed E-state index contributed by atoms with van der Waals surface area (Å²) in [7, 11) is 0. The van der Waals surface area contributed by atoms with Crippen molar-refractivity contribution in [1.29, 1.82) is 0 Å². The normalized spacial score (nSPS) is 25.3. The lowest BCUT2D eigenvalue weighted by molar-refractivity contribution is -0.163. The number of amides is 2. The minimum atomic E-state index is -0.839. The fraction of sp³-hybridized carbons (Fsp3) is 0.692. The molecule has 2 aliphatic heterocycles. The number of hydrogen-bond acceptors (Lipinski definition) is 4. The third kappa shape index (κ3) is 5.39. The molecular weight excluding hydrogens is 438 g/mol. The zero-order valence-electron chi connectivity index (χ0n) is 19.8. The summed E-state index contributed by atoms with van der Waals surface area (Å²) in [5.41, 5.74) is -0.411. The topological polar surface area (TPSA) is 72.9 Å². The maximum absolute atomic E-state index is 13.6. The Hall–Kier alpha value is -1.63. The van der Waals surface area contributed by atoms with Gasteiger partial charge in [-0.2, -0.15) is 0 Å². The van der Waals surface area contributed by atoms with Crippen molar-refractivity contribution >= 4 is 23.4 Å². The van der Waals surface area contributed by atoms with Gasteiger partial charge in [0, 0.05) is 37.6 Å². The average Bonchev–Trinajstić information content (AvgIpc) is 2.81. The van der Waals surface area contributed by atoms with Gasteiger partial charge in [0.1, 0.15) is 11.6 Å². The number of aliphatic hydroxyl groups is 1. The van der Waals surface area contributed by atoms with Crippen LogP contribution < -0.4 is 5.32 Å². The molecule has 2 saturated heterocycles. The molecule has 2 N–H and O–H groups in total. The highest BCUT2D eigenvalue weighted by atomic mass is 35.5. The second kappa shape index (κ2) is 10.3. The molecule has 182 valence electrons. The number of hydrogen-bond donors (Lipinski definition) is 2. The number of rotatable bonds is 7. The van der Waals surface area contributed by atoms with E-state index in [0.717, 1.165) is 56.8 Å². The van der Waals surface area contributed by atoms with Gasteiger partial charge in [0.25, 0.3) is 0 Å². The molecule has 0 unspecified atom stereocenters. The molecule has 6 nitrogen and oxygen atoms in total. The van der Waals surface area contributed by atoms with Crippen LogP contribution >= 0.6 is 11.6 Å². The summed E-state index contributed by atoms with van der Waals surface area (Å²) in [6, 6.07) is 7.27. The Kier molecular flexibility index (Phi) is 7.66. The zero-order chi connectivity index (χ0) is 23.5. The van der Waals surface area contributed by atoms with Crippen molar-refractivity contribution in [1.82, 2.24) is 15.1 Å². The van der Waals surface area contributed by atoms with E-state index in [-0.39, 0.29) is 11.8 Å². The van der Waals surface area contributed by atoms with Gasteiger partial charge in [-0.05, 0) is 49.8 Å². The van der Waals surface area contributed by atoms with Gasteiger partial charge in [0.2, 0.25) is 11.8 Å². The average molecular weight is 476 g/mol. The Labute approximate surface area is 202 Å². The van der Waals surface area contributed by atoms with Crippen molar-refractivity contribution in [2.75, 3.05) is 19.6 Å². The molecule has 7 heteroatoms. The molecule has 0 aromatic heterocycles. The van der Waals surface area contributed by atoms with Crippen molar-refractivity contribution in [2.45, 2.75) is 94.9 Å². The third-order valence-corrected chi connectivity index (χ3v) is 8.17. The standard InChI is InChI=1S/C26H38ClN3O3/c1-2-3-15-30-23(31)22(18-25(33)11-5-4-6-12-25)28-24(32)26(30)13-16-29(17-14-26)19-20-7-9-21(27)10-8-20/h7-10,22,33H,2-6,11-19H2,1H3,(H,28,32)/t22-/m1/s1. The third-order valence-electron chi connectivity index (χ3n) is 7.92. The molecule has 0 radical (unpaired) electrons. The van der Waals surface area contributed by atoms with Crippen LogP contribution in [0, 0.1) is 0 Å². The number of halogens is 1. The second-order valence-electron chi connectivity index (χ2n) is 10.3. The molecule has 1 aromatic rings. The lowest BCUT2D eigenvalue weighted by Crippen LogP contribution is -2.73. The lowest BCUT2D eigenvalue weighted by atomic mass is 9.77. The van der Waals surface area contributed by atoms with Gasteiger partial charge in [-0.1, -0.05) is 56.3 Å². The van der Waals surface area contributed by atoms with Crippen molar-refractivity contribution in [3.8, 4) is 0 Å². The van der Waals surface area contributed by atoms with Crippen LogP contribution in [0.15, 0.2) is 24.3 Å². The highest BCUT2D eigenvalue weighted by Gasteiger charge is 2.54. The van der Waals surface area contributed by atoms with Gasteiger partial charge in [-0.3, -0.25) is 14.5 Å². The van der Waals surface area contributed by atoms with Crippen molar-refractivity contribution < 1.29 is 14.7 Å². The van der Waals surface area contributed by atoms with Gasteiger partial charge in [0.05, 0.1) is 5.60 Å². The molecule has 0 bridgehead atoms. The fourth-order valence-electron chi connectivity index (χ4n) is 5.87. The summed E-state index contributed by atoms with van der Waals surface area (Å²) in [5.74, 6) is -0.0399. The SMILES string of the molecule is CCCCN1C(=O)[C@@H](CC2(O)CCCCC2)NC(=O)C12CCN(Cc1ccc(Cl)cc1)CC2. The maximum atomic E-state index is 13.6. The van der Waals surface area contributed by atoms with E-state index in [0.29, 0.717) is 38.6 Å². The van der Waals surface area contributed by atoms with E-state index in [1.165, 1.54) is 5.56 Å². The van der Waals surface area contributed by atoms with Gasteiger partial charge in [0.15, 0.2) is 0 Å². The molecule has 3 fully saturated rings. The van der Waals surface area contributed by atoms with Crippen LogP contribution in [0.5, 0.6) is 0 Å². The molecule has 3 aliphatic rings.